The van der Waals surface area contributed by atoms with Gasteiger partial charge in [-0.1, -0.05) is 13.8 Å². The van der Waals surface area contributed by atoms with Crippen molar-refractivity contribution in [3.05, 3.63) is 48.4 Å². The first kappa shape index (κ1) is 23.5. The molecule has 0 saturated carbocycles. The number of pyridine rings is 1. The Morgan fingerprint density at radius 3 is 2.34 bits per heavy atom. The van der Waals surface area contributed by atoms with Gasteiger partial charge >= 0.3 is 0 Å². The van der Waals surface area contributed by atoms with Crippen LogP contribution in [0.4, 0.5) is 15.9 Å². The lowest BCUT2D eigenvalue weighted by Crippen LogP contribution is -2.49. The first-order valence-electron chi connectivity index (χ1n) is 10.4. The Labute approximate surface area is 187 Å². The van der Waals surface area contributed by atoms with Crippen LogP contribution in [-0.4, -0.2) is 56.9 Å². The summed E-state index contributed by atoms with van der Waals surface area (Å²) < 4.78 is 41.3. The zero-order valence-corrected chi connectivity index (χ0v) is 18.9. The Hall–Kier alpha value is -3.19. The van der Waals surface area contributed by atoms with Gasteiger partial charge in [0.25, 0.3) is 10.0 Å². The molecule has 0 spiro atoms. The van der Waals surface area contributed by atoms with E-state index < -0.39 is 15.8 Å². The van der Waals surface area contributed by atoms with E-state index in [1.807, 2.05) is 24.8 Å². The van der Waals surface area contributed by atoms with Crippen molar-refractivity contribution in [1.29, 1.82) is 5.26 Å². The second-order valence-corrected chi connectivity index (χ2v) is 9.82. The van der Waals surface area contributed by atoms with Gasteiger partial charge in [0.2, 0.25) is 5.91 Å². The molecule has 1 aliphatic heterocycles. The molecule has 1 aromatic heterocycles. The topological polar surface area (TPSA) is 97.6 Å². The van der Waals surface area contributed by atoms with Crippen molar-refractivity contribution < 1.29 is 17.6 Å². The molecule has 0 N–H and O–H groups in total. The Bertz CT molecular complexity index is 1070. The summed E-state index contributed by atoms with van der Waals surface area (Å²) in [5, 5.41) is 8.67. The first-order valence-corrected chi connectivity index (χ1v) is 11.8. The van der Waals surface area contributed by atoms with E-state index in [1.165, 1.54) is 40.8 Å². The average Bonchev–Trinajstić information content (AvgIpc) is 2.78. The number of hydrogen-bond donors (Lipinski definition) is 0. The van der Waals surface area contributed by atoms with E-state index in [0.29, 0.717) is 37.7 Å². The molecule has 0 unspecified atom stereocenters. The number of rotatable bonds is 7. The monoisotopic (exact) mass is 459 g/mol. The van der Waals surface area contributed by atoms with Crippen molar-refractivity contribution in [2.75, 3.05) is 41.9 Å². The van der Waals surface area contributed by atoms with Gasteiger partial charge in [0, 0.05) is 38.9 Å². The van der Waals surface area contributed by atoms with E-state index in [1.54, 1.807) is 11.0 Å². The third kappa shape index (κ3) is 5.34. The first-order chi connectivity index (χ1) is 15.2. The largest absolute Gasteiger partial charge is 0.353 e. The second kappa shape index (κ2) is 9.96. The second-order valence-electron chi connectivity index (χ2n) is 7.96. The number of carbonyl (C=O) groups is 1. The van der Waals surface area contributed by atoms with Crippen LogP contribution in [0.1, 0.15) is 20.3 Å². The van der Waals surface area contributed by atoms with Crippen molar-refractivity contribution in [1.82, 2.24) is 9.88 Å². The molecule has 0 radical (unpaired) electrons. The van der Waals surface area contributed by atoms with Gasteiger partial charge in [0.1, 0.15) is 23.0 Å². The number of halogens is 1. The van der Waals surface area contributed by atoms with E-state index in [2.05, 4.69) is 4.98 Å². The summed E-state index contributed by atoms with van der Waals surface area (Å²) in [5.41, 5.74) is 0.391. The summed E-state index contributed by atoms with van der Waals surface area (Å²) in [5.74, 6) is 0.0549. The van der Waals surface area contributed by atoms with E-state index in [4.69, 9.17) is 5.26 Å². The summed E-state index contributed by atoms with van der Waals surface area (Å²) in [6.45, 7) is 6.12. The maximum Gasteiger partial charge on any atom is 0.265 e. The molecule has 8 nitrogen and oxygen atoms in total. The summed E-state index contributed by atoms with van der Waals surface area (Å²) in [4.78, 5) is 19.9. The van der Waals surface area contributed by atoms with Crippen LogP contribution in [0, 0.1) is 23.1 Å². The predicted molar refractivity (Wildman–Crippen MR) is 119 cm³/mol. The van der Waals surface area contributed by atoms with Crippen molar-refractivity contribution in [2.24, 2.45) is 5.92 Å². The lowest BCUT2D eigenvalue weighted by atomic mass is 10.2. The van der Waals surface area contributed by atoms with Gasteiger partial charge in [0.15, 0.2) is 0 Å². The number of anilines is 2. The maximum absolute atomic E-state index is 13.3. The van der Waals surface area contributed by atoms with Crippen molar-refractivity contribution >= 4 is 27.4 Å². The number of amides is 1. The molecule has 0 atom stereocenters. The van der Waals surface area contributed by atoms with Crippen LogP contribution in [0.5, 0.6) is 0 Å². The fraction of sp³-hybridized carbons (Fsp3) is 0.409. The standard InChI is InChI=1S/C22H26FN5O3S/c1-17(2)16-28(19-5-3-18(23)4-6-19)32(30,31)20-7-8-21(25-15-20)26-11-13-27(14-12-26)22(29)9-10-24/h3-8,15,17H,9,11-14,16H2,1-2H3. The van der Waals surface area contributed by atoms with Crippen LogP contribution in [0.25, 0.3) is 0 Å². The minimum atomic E-state index is -3.89. The van der Waals surface area contributed by atoms with Crippen LogP contribution < -0.4 is 9.21 Å². The zero-order valence-electron chi connectivity index (χ0n) is 18.1. The Morgan fingerprint density at radius 2 is 1.81 bits per heavy atom. The number of aromatic nitrogens is 1. The Morgan fingerprint density at radius 1 is 1.16 bits per heavy atom. The minimum Gasteiger partial charge on any atom is -0.353 e. The quantitative estimate of drug-likeness (QED) is 0.631. The van der Waals surface area contributed by atoms with Gasteiger partial charge in [0.05, 0.1) is 11.8 Å². The van der Waals surface area contributed by atoms with Crippen molar-refractivity contribution in [3.63, 3.8) is 0 Å². The molecule has 3 rings (SSSR count). The van der Waals surface area contributed by atoms with Crippen LogP contribution in [0.15, 0.2) is 47.5 Å². The summed E-state index contributed by atoms with van der Waals surface area (Å²) in [7, 11) is -3.89. The predicted octanol–water partition coefficient (Wildman–Crippen LogP) is 2.63. The normalized spacial score (nSPS) is 14.3. The highest BCUT2D eigenvalue weighted by molar-refractivity contribution is 7.92. The molecular formula is C22H26FN5O3S. The molecule has 32 heavy (non-hydrogen) atoms. The fourth-order valence-electron chi connectivity index (χ4n) is 3.49. The van der Waals surface area contributed by atoms with Gasteiger partial charge in [-0.05, 0) is 42.3 Å². The molecule has 10 heteroatoms. The zero-order chi connectivity index (χ0) is 23.3. The number of carbonyl (C=O) groups excluding carboxylic acids is 1. The number of nitrogens with zero attached hydrogens (tertiary/aromatic N) is 5. The van der Waals surface area contributed by atoms with Crippen molar-refractivity contribution in [2.45, 2.75) is 25.2 Å². The fourth-order valence-corrected chi connectivity index (χ4v) is 5.06. The molecule has 2 heterocycles. The number of nitriles is 1. The molecule has 0 aliphatic carbocycles. The lowest BCUT2D eigenvalue weighted by Gasteiger charge is -2.35. The van der Waals surface area contributed by atoms with Gasteiger partial charge in [-0.3, -0.25) is 9.10 Å². The molecule has 1 amide bonds. The minimum absolute atomic E-state index is 0.0501. The highest BCUT2D eigenvalue weighted by Gasteiger charge is 2.27. The Kier molecular flexibility index (Phi) is 7.30. The lowest BCUT2D eigenvalue weighted by molar-refractivity contribution is -0.130. The highest BCUT2D eigenvalue weighted by Crippen LogP contribution is 2.26. The van der Waals surface area contributed by atoms with Gasteiger partial charge in [-0.2, -0.15) is 5.26 Å². The average molecular weight is 460 g/mol. The highest BCUT2D eigenvalue weighted by atomic mass is 32.2. The summed E-state index contributed by atoms with van der Waals surface area (Å²) in [6, 6.07) is 10.4. The van der Waals surface area contributed by atoms with Gasteiger partial charge < -0.3 is 9.80 Å². The van der Waals surface area contributed by atoms with E-state index in [-0.39, 0.29) is 29.7 Å². The van der Waals surface area contributed by atoms with Gasteiger partial charge in [-0.15, -0.1) is 0 Å². The molecule has 1 aromatic carbocycles. The van der Waals surface area contributed by atoms with E-state index in [0.717, 1.165) is 0 Å². The molecular weight excluding hydrogens is 433 g/mol. The van der Waals surface area contributed by atoms with Crippen LogP contribution in [0.3, 0.4) is 0 Å². The van der Waals surface area contributed by atoms with E-state index >= 15 is 0 Å². The number of piperazine rings is 1. The smallest absolute Gasteiger partial charge is 0.265 e. The Balaban J connectivity index is 1.77. The number of sulfonamides is 1. The molecule has 2 aromatic rings. The number of hydrogen-bond acceptors (Lipinski definition) is 6. The van der Waals surface area contributed by atoms with Crippen LogP contribution in [0.2, 0.25) is 0 Å². The van der Waals surface area contributed by atoms with Crippen LogP contribution in [-0.2, 0) is 14.8 Å². The summed E-state index contributed by atoms with van der Waals surface area (Å²) >= 11 is 0. The van der Waals surface area contributed by atoms with Gasteiger partial charge in [-0.25, -0.2) is 17.8 Å². The van der Waals surface area contributed by atoms with E-state index in [9.17, 15) is 17.6 Å². The third-order valence-corrected chi connectivity index (χ3v) is 6.92. The molecule has 0 bridgehead atoms. The molecule has 1 aliphatic rings. The molecule has 1 fully saturated rings. The maximum atomic E-state index is 13.3. The van der Waals surface area contributed by atoms with Crippen LogP contribution >= 0.6 is 0 Å². The van der Waals surface area contributed by atoms with Crippen molar-refractivity contribution in [3.8, 4) is 6.07 Å². The summed E-state index contributed by atoms with van der Waals surface area (Å²) in [6.07, 6.45) is 1.19. The molecule has 1 saturated heterocycles. The molecule has 170 valence electrons. The third-order valence-electron chi connectivity index (χ3n) is 5.14. The number of benzene rings is 1. The SMILES string of the molecule is CC(C)CN(c1ccc(F)cc1)S(=O)(=O)c1ccc(N2CCN(C(=O)CC#N)CC2)nc1.